The van der Waals surface area contributed by atoms with E-state index in [-0.39, 0.29) is 11.5 Å². The molecule has 128 valence electrons. The number of aliphatic imine (C=N–C) groups is 1. The summed E-state index contributed by atoms with van der Waals surface area (Å²) in [6.07, 6.45) is -3.79. The van der Waals surface area contributed by atoms with Crippen molar-refractivity contribution in [2.45, 2.75) is 30.7 Å². The lowest BCUT2D eigenvalue weighted by Gasteiger charge is -2.29. The zero-order valence-corrected chi connectivity index (χ0v) is 12.5. The molecule has 5 atom stereocenters. The molecule has 0 aliphatic carbocycles. The van der Waals surface area contributed by atoms with E-state index in [1.165, 1.54) is 10.9 Å². The molecule has 13 heteroatoms. The van der Waals surface area contributed by atoms with Crippen LogP contribution in [0.4, 0.5) is 5.82 Å². The normalized spacial score (nSPS) is 34.0. The van der Waals surface area contributed by atoms with Crippen LogP contribution in [0.5, 0.6) is 0 Å². The minimum atomic E-state index is -4.65. The highest BCUT2D eigenvalue weighted by Crippen LogP contribution is 2.47. The van der Waals surface area contributed by atoms with Crippen LogP contribution in [0.3, 0.4) is 0 Å². The number of imidazole rings is 1. The van der Waals surface area contributed by atoms with Crippen molar-refractivity contribution in [2.24, 2.45) is 10.7 Å². The molecule has 1 aromatic rings. The van der Waals surface area contributed by atoms with Crippen LogP contribution in [0.2, 0.25) is 0 Å². The van der Waals surface area contributed by atoms with Crippen molar-refractivity contribution in [1.29, 1.82) is 0 Å². The summed E-state index contributed by atoms with van der Waals surface area (Å²) in [5, 5.41) is 28.9. The Kier molecular flexibility index (Phi) is 4.02. The van der Waals surface area contributed by atoms with E-state index >= 15 is 0 Å². The Morgan fingerprint density at radius 1 is 1.35 bits per heavy atom. The third-order valence-corrected chi connectivity index (χ3v) is 4.70. The molecule has 3 rings (SSSR count). The summed E-state index contributed by atoms with van der Waals surface area (Å²) in [4.78, 5) is 26.3. The van der Waals surface area contributed by atoms with E-state index in [0.717, 1.165) is 6.34 Å². The summed E-state index contributed by atoms with van der Waals surface area (Å²) in [5.41, 5.74) is 5.86. The van der Waals surface area contributed by atoms with Crippen LogP contribution in [0.1, 0.15) is 18.1 Å². The largest absolute Gasteiger partial charge is 0.432 e. The molecular formula is C10H16N5O7P. The van der Waals surface area contributed by atoms with Crippen molar-refractivity contribution in [2.75, 3.05) is 6.61 Å². The number of hydrogen-bond donors (Lipinski definition) is 6. The van der Waals surface area contributed by atoms with Crippen LogP contribution < -0.4 is 5.73 Å². The molecule has 1 aromatic heterocycles. The summed E-state index contributed by atoms with van der Waals surface area (Å²) in [6.45, 7) is -0.486. The highest BCUT2D eigenvalue weighted by molar-refractivity contribution is 7.49. The van der Waals surface area contributed by atoms with Crippen molar-refractivity contribution >= 4 is 19.9 Å². The van der Waals surface area contributed by atoms with Gasteiger partial charge in [0, 0.05) is 0 Å². The van der Waals surface area contributed by atoms with Gasteiger partial charge >= 0.3 is 7.75 Å². The lowest BCUT2D eigenvalue weighted by atomic mass is 10.1. The molecule has 3 unspecified atom stereocenters. The maximum Gasteiger partial charge on any atom is 0.432 e. The van der Waals surface area contributed by atoms with E-state index in [1.54, 1.807) is 0 Å². The first-order valence-corrected chi connectivity index (χ1v) is 8.15. The third-order valence-electron chi connectivity index (χ3n) is 3.75. The molecule has 2 aliphatic rings. The van der Waals surface area contributed by atoms with E-state index < -0.39 is 45.1 Å². The molecule has 0 saturated carbocycles. The van der Waals surface area contributed by atoms with Crippen LogP contribution >= 0.6 is 7.75 Å². The highest BCUT2D eigenvalue weighted by atomic mass is 31.2. The number of ether oxygens (including phenoxy) is 1. The first-order valence-electron chi connectivity index (χ1n) is 6.59. The molecule has 1 fully saturated rings. The number of fused-ring (bicyclic) bond motifs is 1. The van der Waals surface area contributed by atoms with Gasteiger partial charge in [0.15, 0.2) is 12.0 Å². The van der Waals surface area contributed by atoms with Gasteiger partial charge in [0.1, 0.15) is 36.5 Å². The second kappa shape index (κ2) is 5.61. The zero-order valence-electron chi connectivity index (χ0n) is 11.6. The van der Waals surface area contributed by atoms with Gasteiger partial charge in [-0.25, -0.2) is 19.2 Å². The number of aliphatic hydroxyl groups is 3. The molecule has 2 aliphatic heterocycles. The summed E-state index contributed by atoms with van der Waals surface area (Å²) in [5.74, 6) is 0.136. The van der Waals surface area contributed by atoms with Crippen LogP contribution in [0.15, 0.2) is 11.3 Å². The third kappa shape index (κ3) is 2.58. The number of aliphatic hydroxyl groups excluding tert-OH is 3. The Morgan fingerprint density at radius 3 is 2.61 bits per heavy atom. The Hall–Kier alpha value is -1.37. The fourth-order valence-electron chi connectivity index (χ4n) is 2.55. The van der Waals surface area contributed by atoms with Gasteiger partial charge in [-0.1, -0.05) is 0 Å². The molecule has 0 spiro atoms. The van der Waals surface area contributed by atoms with Gasteiger partial charge in [-0.05, 0) is 0 Å². The number of nitrogens with zero attached hydrogens (tertiary/aromatic N) is 4. The minimum absolute atomic E-state index is 0.0774. The van der Waals surface area contributed by atoms with Crippen molar-refractivity contribution in [3.63, 3.8) is 0 Å². The van der Waals surface area contributed by atoms with Crippen molar-refractivity contribution in [1.82, 2.24) is 14.2 Å². The van der Waals surface area contributed by atoms with Crippen molar-refractivity contribution < 1.29 is 34.4 Å². The van der Waals surface area contributed by atoms with E-state index in [1.807, 2.05) is 0 Å². The van der Waals surface area contributed by atoms with Crippen molar-refractivity contribution in [3.05, 3.63) is 12.0 Å². The van der Waals surface area contributed by atoms with Gasteiger partial charge < -0.3 is 35.6 Å². The lowest BCUT2D eigenvalue weighted by molar-refractivity contribution is -0.0520. The van der Waals surface area contributed by atoms with Crippen LogP contribution in [-0.4, -0.2) is 70.6 Å². The fourth-order valence-corrected chi connectivity index (χ4v) is 3.17. The molecule has 0 aromatic carbocycles. The fraction of sp³-hybridized carbons (Fsp3) is 0.600. The van der Waals surface area contributed by atoms with E-state index in [4.69, 9.17) is 15.6 Å². The topological polar surface area (TPSA) is 187 Å². The quantitative estimate of drug-likeness (QED) is 0.319. The monoisotopic (exact) mass is 349 g/mol. The Morgan fingerprint density at radius 2 is 2.04 bits per heavy atom. The Labute approximate surface area is 129 Å². The molecule has 7 N–H and O–H groups in total. The van der Waals surface area contributed by atoms with E-state index in [0.29, 0.717) is 4.67 Å². The average molecular weight is 349 g/mol. The summed E-state index contributed by atoms with van der Waals surface area (Å²) >= 11 is 0. The van der Waals surface area contributed by atoms with Gasteiger partial charge in [0.2, 0.25) is 0 Å². The Bertz CT molecular complexity index is 675. The Balaban J connectivity index is 1.94. The maximum absolute atomic E-state index is 11.3. The van der Waals surface area contributed by atoms with Gasteiger partial charge in [0.25, 0.3) is 0 Å². The molecule has 3 heterocycles. The van der Waals surface area contributed by atoms with Gasteiger partial charge in [-0.2, -0.15) is 0 Å². The van der Waals surface area contributed by atoms with E-state index in [9.17, 15) is 24.6 Å². The van der Waals surface area contributed by atoms with Gasteiger partial charge in [-0.3, -0.25) is 4.57 Å². The predicted octanol–water partition coefficient (Wildman–Crippen LogP) is -2.48. The summed E-state index contributed by atoms with van der Waals surface area (Å²) in [7, 11) is -4.65. The first kappa shape index (κ1) is 16.5. The van der Waals surface area contributed by atoms with Gasteiger partial charge in [-0.15, -0.1) is 0 Å². The van der Waals surface area contributed by atoms with Gasteiger partial charge in [0.05, 0.1) is 12.9 Å². The second-order valence-corrected chi connectivity index (χ2v) is 6.66. The molecule has 23 heavy (non-hydrogen) atoms. The van der Waals surface area contributed by atoms with Crippen LogP contribution in [0.25, 0.3) is 0 Å². The second-order valence-electron chi connectivity index (χ2n) is 5.17. The predicted molar refractivity (Wildman–Crippen MR) is 74.2 cm³/mol. The SMILES string of the molecule is NC1c2ncn([C@@H]3O[C@H](CO)C(O)C3O)c2N=CN1P(=O)(O)O. The number of rotatable bonds is 3. The van der Waals surface area contributed by atoms with E-state index in [2.05, 4.69) is 9.98 Å². The average Bonchev–Trinajstić information content (AvgIpc) is 3.01. The molecular weight excluding hydrogens is 333 g/mol. The smallest absolute Gasteiger partial charge is 0.394 e. The zero-order chi connectivity index (χ0) is 16.9. The molecule has 0 amide bonds. The van der Waals surface area contributed by atoms with Crippen molar-refractivity contribution in [3.8, 4) is 0 Å². The molecule has 0 bridgehead atoms. The lowest BCUT2D eigenvalue weighted by Crippen LogP contribution is -2.34. The maximum atomic E-state index is 11.3. The molecule has 0 radical (unpaired) electrons. The van der Waals surface area contributed by atoms with Crippen LogP contribution in [-0.2, 0) is 9.30 Å². The number of aromatic nitrogens is 2. The summed E-state index contributed by atoms with van der Waals surface area (Å²) < 4.78 is 18.5. The van der Waals surface area contributed by atoms with Crippen LogP contribution in [0, 0.1) is 0 Å². The summed E-state index contributed by atoms with van der Waals surface area (Å²) in [6, 6.07) is 0. The number of hydrogen-bond acceptors (Lipinski definition) is 8. The molecule has 1 saturated heterocycles. The molecule has 12 nitrogen and oxygen atoms in total. The minimum Gasteiger partial charge on any atom is -0.394 e. The first-order chi connectivity index (χ1) is 10.8. The highest BCUT2D eigenvalue weighted by Gasteiger charge is 2.45. The standard InChI is InChI=1S/C10H16N5O7P/c11-8-5-9(13-3-15(8)23(19,20)21)14(2-12-5)10-7(18)6(17)4(1-16)22-10/h2-4,6-8,10,16-18H,1,11H2,(H2,19,20,21)/t4-,6?,7?,8?,10-/m1/s1. The number of nitrogens with two attached hydrogens (primary N) is 1.